The van der Waals surface area contributed by atoms with Gasteiger partial charge in [0.2, 0.25) is 0 Å². The molecule has 0 unspecified atom stereocenters. The van der Waals surface area contributed by atoms with Gasteiger partial charge in [-0.3, -0.25) is 0 Å². The average Bonchev–Trinajstić information content (AvgIpc) is 2.46. The van der Waals surface area contributed by atoms with Gasteiger partial charge in [-0.15, -0.1) is 0 Å². The van der Waals surface area contributed by atoms with Gasteiger partial charge in [0.05, 0.1) is 18.8 Å². The first kappa shape index (κ1) is 13.5. The van der Waals surface area contributed by atoms with Gasteiger partial charge in [-0.1, -0.05) is 30.3 Å². The fourth-order valence-electron chi connectivity index (χ4n) is 1.70. The monoisotopic (exact) mass is 260 g/mol. The van der Waals surface area contributed by atoms with Crippen molar-refractivity contribution in [3.8, 4) is 0 Å². The molecule has 0 radical (unpaired) electrons. The normalized spacial score (nSPS) is 10.6. The van der Waals surface area contributed by atoms with Gasteiger partial charge in [0.1, 0.15) is 0 Å². The van der Waals surface area contributed by atoms with Gasteiger partial charge in [0.25, 0.3) is 0 Å². The Hall–Kier alpha value is -1.91. The lowest BCUT2D eigenvalue weighted by Crippen LogP contribution is -2.11. The van der Waals surface area contributed by atoms with E-state index in [-0.39, 0.29) is 12.8 Å². The molecule has 0 saturated carbocycles. The van der Waals surface area contributed by atoms with Gasteiger partial charge in [-0.05, 0) is 22.9 Å². The van der Waals surface area contributed by atoms with E-state index in [1.807, 2.05) is 36.4 Å². The molecule has 0 bridgehead atoms. The summed E-state index contributed by atoms with van der Waals surface area (Å²) in [4.78, 5) is 11.8. The van der Waals surface area contributed by atoms with Crippen LogP contribution < -0.4 is 0 Å². The molecule has 4 nitrogen and oxygen atoms in total. The summed E-state index contributed by atoms with van der Waals surface area (Å²) in [6.45, 7) is 0.823. The molecule has 2 aromatic rings. The Balaban J connectivity index is 1.93. The summed E-state index contributed by atoms with van der Waals surface area (Å²) in [5, 5.41) is 2.10. The van der Waals surface area contributed by atoms with Crippen molar-refractivity contribution >= 4 is 16.7 Å². The van der Waals surface area contributed by atoms with Crippen molar-refractivity contribution < 1.29 is 19.0 Å². The SMILES string of the molecule is COCCOCOC(=O)c1ccc2ccccc2c1. The highest BCUT2D eigenvalue weighted by Crippen LogP contribution is 2.16. The number of rotatable bonds is 6. The minimum Gasteiger partial charge on any atom is -0.435 e. The largest absolute Gasteiger partial charge is 0.435 e. The highest BCUT2D eigenvalue weighted by Gasteiger charge is 2.07. The molecule has 2 rings (SSSR count). The van der Waals surface area contributed by atoms with Crippen LogP contribution in [-0.4, -0.2) is 33.1 Å². The van der Waals surface area contributed by atoms with Gasteiger partial charge >= 0.3 is 5.97 Å². The molecule has 2 aromatic carbocycles. The van der Waals surface area contributed by atoms with Crippen LogP contribution in [0.1, 0.15) is 10.4 Å². The molecule has 0 aliphatic heterocycles. The van der Waals surface area contributed by atoms with Gasteiger partial charge in [-0.25, -0.2) is 4.79 Å². The highest BCUT2D eigenvalue weighted by atomic mass is 16.7. The predicted molar refractivity (Wildman–Crippen MR) is 72.1 cm³/mol. The number of benzene rings is 2. The van der Waals surface area contributed by atoms with Crippen LogP contribution in [0.15, 0.2) is 42.5 Å². The van der Waals surface area contributed by atoms with Crippen molar-refractivity contribution in [3.63, 3.8) is 0 Å². The number of methoxy groups -OCH3 is 1. The number of carbonyl (C=O) groups excluding carboxylic acids is 1. The van der Waals surface area contributed by atoms with Gasteiger partial charge in [-0.2, -0.15) is 0 Å². The van der Waals surface area contributed by atoms with Crippen LogP contribution in [0.5, 0.6) is 0 Å². The first-order chi connectivity index (χ1) is 9.31. The molecule has 0 aliphatic rings. The van der Waals surface area contributed by atoms with Crippen molar-refractivity contribution in [1.29, 1.82) is 0 Å². The molecule has 0 fully saturated rings. The van der Waals surface area contributed by atoms with E-state index in [0.29, 0.717) is 18.8 Å². The minimum atomic E-state index is -0.386. The lowest BCUT2D eigenvalue weighted by Gasteiger charge is -2.06. The second-order valence-electron chi connectivity index (χ2n) is 4.01. The van der Waals surface area contributed by atoms with E-state index in [1.165, 1.54) is 0 Å². The number of hydrogen-bond acceptors (Lipinski definition) is 4. The lowest BCUT2D eigenvalue weighted by atomic mass is 10.1. The lowest BCUT2D eigenvalue weighted by molar-refractivity contribution is -0.0435. The van der Waals surface area contributed by atoms with Crippen molar-refractivity contribution in [3.05, 3.63) is 48.0 Å². The van der Waals surface area contributed by atoms with E-state index >= 15 is 0 Å². The van der Waals surface area contributed by atoms with E-state index in [4.69, 9.17) is 14.2 Å². The number of esters is 1. The molecule has 0 N–H and O–H groups in total. The molecule has 0 aliphatic carbocycles. The number of fused-ring (bicyclic) bond motifs is 1. The maximum Gasteiger partial charge on any atom is 0.340 e. The van der Waals surface area contributed by atoms with Crippen LogP contribution in [0.4, 0.5) is 0 Å². The molecule has 0 saturated heterocycles. The molecule has 0 heterocycles. The van der Waals surface area contributed by atoms with Crippen LogP contribution in [0.25, 0.3) is 10.8 Å². The fourth-order valence-corrected chi connectivity index (χ4v) is 1.70. The third-order valence-corrected chi connectivity index (χ3v) is 2.69. The maximum absolute atomic E-state index is 11.8. The third kappa shape index (κ3) is 3.77. The Bertz CT molecular complexity index is 551. The van der Waals surface area contributed by atoms with Gasteiger partial charge < -0.3 is 14.2 Å². The molecular formula is C15H16O4. The van der Waals surface area contributed by atoms with Crippen LogP contribution in [0.2, 0.25) is 0 Å². The van der Waals surface area contributed by atoms with E-state index in [0.717, 1.165) is 10.8 Å². The Kier molecular flexibility index (Phi) is 4.89. The first-order valence-electron chi connectivity index (χ1n) is 6.04. The number of carbonyl (C=O) groups is 1. The highest BCUT2D eigenvalue weighted by molar-refractivity contribution is 5.95. The summed E-state index contributed by atoms with van der Waals surface area (Å²) in [7, 11) is 1.59. The van der Waals surface area contributed by atoms with E-state index in [2.05, 4.69) is 0 Å². The molecule has 19 heavy (non-hydrogen) atoms. The average molecular weight is 260 g/mol. The van der Waals surface area contributed by atoms with Crippen LogP contribution in [-0.2, 0) is 14.2 Å². The smallest absolute Gasteiger partial charge is 0.340 e. The number of ether oxygens (including phenoxy) is 3. The molecule has 100 valence electrons. The topological polar surface area (TPSA) is 44.8 Å². The summed E-state index contributed by atoms with van der Waals surface area (Å²) >= 11 is 0. The van der Waals surface area contributed by atoms with Crippen molar-refractivity contribution in [2.45, 2.75) is 0 Å². The zero-order valence-corrected chi connectivity index (χ0v) is 10.8. The van der Waals surface area contributed by atoms with Crippen molar-refractivity contribution in [2.24, 2.45) is 0 Å². The van der Waals surface area contributed by atoms with Crippen molar-refractivity contribution in [1.82, 2.24) is 0 Å². The summed E-state index contributed by atoms with van der Waals surface area (Å²) in [5.74, 6) is -0.386. The second kappa shape index (κ2) is 6.87. The molecule has 4 heteroatoms. The molecule has 0 aromatic heterocycles. The second-order valence-corrected chi connectivity index (χ2v) is 4.01. The van der Waals surface area contributed by atoms with E-state index < -0.39 is 0 Å². The quantitative estimate of drug-likeness (QED) is 0.455. The Labute approximate surface area is 111 Å². The first-order valence-corrected chi connectivity index (χ1v) is 6.04. The van der Waals surface area contributed by atoms with E-state index in [1.54, 1.807) is 13.2 Å². The summed E-state index contributed by atoms with van der Waals surface area (Å²) in [5.41, 5.74) is 0.522. The molecule has 0 spiro atoms. The molecular weight excluding hydrogens is 244 g/mol. The van der Waals surface area contributed by atoms with Gasteiger partial charge in [0.15, 0.2) is 6.79 Å². The zero-order valence-electron chi connectivity index (χ0n) is 10.8. The zero-order chi connectivity index (χ0) is 13.5. The molecule has 0 atom stereocenters. The van der Waals surface area contributed by atoms with Crippen LogP contribution in [0, 0.1) is 0 Å². The van der Waals surface area contributed by atoms with Crippen LogP contribution in [0.3, 0.4) is 0 Å². The Morgan fingerprint density at radius 1 is 1.05 bits per heavy atom. The summed E-state index contributed by atoms with van der Waals surface area (Å²) < 4.78 is 14.9. The standard InChI is InChI=1S/C15H16O4/c1-17-8-9-18-11-19-15(16)14-7-6-12-4-2-3-5-13(12)10-14/h2-7,10H,8-9,11H2,1H3. The Morgan fingerprint density at radius 3 is 2.63 bits per heavy atom. The summed E-state index contributed by atoms with van der Waals surface area (Å²) in [6, 6.07) is 13.3. The number of hydrogen-bond donors (Lipinski definition) is 0. The van der Waals surface area contributed by atoms with Crippen molar-refractivity contribution in [2.75, 3.05) is 27.1 Å². The minimum absolute atomic E-state index is 0.0605. The van der Waals surface area contributed by atoms with E-state index in [9.17, 15) is 4.79 Å². The Morgan fingerprint density at radius 2 is 1.84 bits per heavy atom. The maximum atomic E-state index is 11.8. The molecule has 0 amide bonds. The van der Waals surface area contributed by atoms with Gasteiger partial charge in [0, 0.05) is 7.11 Å². The predicted octanol–water partition coefficient (Wildman–Crippen LogP) is 2.62. The fraction of sp³-hybridized carbons (Fsp3) is 0.267. The van der Waals surface area contributed by atoms with Crippen LogP contribution >= 0.6 is 0 Å². The summed E-state index contributed by atoms with van der Waals surface area (Å²) in [6.07, 6.45) is 0. The third-order valence-electron chi connectivity index (χ3n) is 2.69.